The fraction of sp³-hybridized carbons (Fsp3) is 0.818. The summed E-state index contributed by atoms with van der Waals surface area (Å²) in [5, 5.41) is 0. The van der Waals surface area contributed by atoms with Gasteiger partial charge in [0, 0.05) is 6.42 Å². The summed E-state index contributed by atoms with van der Waals surface area (Å²) >= 11 is 0. The molecule has 0 amide bonds. The SMILES string of the molecule is CCC(=O)OCC(=O)OC1CCCCC1. The molecule has 0 aliphatic heterocycles. The van der Waals surface area contributed by atoms with Gasteiger partial charge in [0.2, 0.25) is 0 Å². The predicted molar refractivity (Wildman–Crippen MR) is 54.2 cm³/mol. The van der Waals surface area contributed by atoms with E-state index in [9.17, 15) is 9.59 Å². The van der Waals surface area contributed by atoms with E-state index in [0.29, 0.717) is 0 Å². The van der Waals surface area contributed by atoms with Crippen molar-refractivity contribution in [1.29, 1.82) is 0 Å². The standard InChI is InChI=1S/C11H18O4/c1-2-10(12)14-8-11(13)15-9-6-4-3-5-7-9/h9H,2-8H2,1H3. The molecule has 0 spiro atoms. The van der Waals surface area contributed by atoms with Crippen LogP contribution in [0, 0.1) is 0 Å². The summed E-state index contributed by atoms with van der Waals surface area (Å²) in [5.41, 5.74) is 0. The van der Waals surface area contributed by atoms with Crippen LogP contribution in [0.3, 0.4) is 0 Å². The Morgan fingerprint density at radius 1 is 1.13 bits per heavy atom. The highest BCUT2D eigenvalue weighted by atomic mass is 16.6. The highest BCUT2D eigenvalue weighted by Crippen LogP contribution is 2.20. The maximum absolute atomic E-state index is 11.2. The Morgan fingerprint density at radius 3 is 2.40 bits per heavy atom. The maximum atomic E-state index is 11.2. The minimum atomic E-state index is -0.427. The summed E-state index contributed by atoms with van der Waals surface area (Å²) in [6.45, 7) is 1.44. The molecule has 1 aliphatic rings. The molecule has 4 nitrogen and oxygen atoms in total. The molecule has 0 bridgehead atoms. The van der Waals surface area contributed by atoms with E-state index >= 15 is 0 Å². The van der Waals surface area contributed by atoms with Gasteiger partial charge in [-0.2, -0.15) is 0 Å². The van der Waals surface area contributed by atoms with Crippen LogP contribution in [0.15, 0.2) is 0 Å². The molecule has 0 atom stereocenters. The minimum absolute atomic E-state index is 0.0339. The topological polar surface area (TPSA) is 52.6 Å². The number of rotatable bonds is 4. The fourth-order valence-electron chi connectivity index (χ4n) is 1.64. The number of hydrogen-bond donors (Lipinski definition) is 0. The third-order valence-corrected chi connectivity index (χ3v) is 2.49. The smallest absolute Gasteiger partial charge is 0.344 e. The van der Waals surface area contributed by atoms with Gasteiger partial charge in [0.1, 0.15) is 6.10 Å². The summed E-state index contributed by atoms with van der Waals surface area (Å²) in [6.07, 6.45) is 5.65. The summed E-state index contributed by atoms with van der Waals surface area (Å²) in [4.78, 5) is 22.0. The van der Waals surface area contributed by atoms with Crippen molar-refractivity contribution in [3.05, 3.63) is 0 Å². The Bertz CT molecular complexity index is 219. The lowest BCUT2D eigenvalue weighted by Gasteiger charge is -2.21. The van der Waals surface area contributed by atoms with Gasteiger partial charge in [-0.25, -0.2) is 4.79 Å². The summed E-state index contributed by atoms with van der Waals surface area (Å²) in [6, 6.07) is 0. The molecule has 1 aliphatic carbocycles. The zero-order chi connectivity index (χ0) is 11.1. The van der Waals surface area contributed by atoms with Crippen molar-refractivity contribution in [2.45, 2.75) is 51.6 Å². The molecular weight excluding hydrogens is 196 g/mol. The Hall–Kier alpha value is -1.06. The van der Waals surface area contributed by atoms with E-state index in [0.717, 1.165) is 25.7 Å². The summed E-state index contributed by atoms with van der Waals surface area (Å²) < 4.78 is 9.85. The summed E-state index contributed by atoms with van der Waals surface area (Å²) in [5.74, 6) is -0.792. The molecule has 86 valence electrons. The van der Waals surface area contributed by atoms with Crippen molar-refractivity contribution in [3.63, 3.8) is 0 Å². The molecule has 1 fully saturated rings. The fourth-order valence-corrected chi connectivity index (χ4v) is 1.64. The van der Waals surface area contributed by atoms with Crippen LogP contribution in [-0.2, 0) is 19.1 Å². The first-order valence-electron chi connectivity index (χ1n) is 5.57. The van der Waals surface area contributed by atoms with Gasteiger partial charge in [-0.3, -0.25) is 4.79 Å². The average Bonchev–Trinajstić information content (AvgIpc) is 2.27. The van der Waals surface area contributed by atoms with Gasteiger partial charge < -0.3 is 9.47 Å². The van der Waals surface area contributed by atoms with Crippen molar-refractivity contribution >= 4 is 11.9 Å². The highest BCUT2D eigenvalue weighted by molar-refractivity contribution is 5.76. The molecule has 0 N–H and O–H groups in total. The third-order valence-electron chi connectivity index (χ3n) is 2.49. The Kier molecular flexibility index (Phi) is 5.15. The molecule has 0 saturated heterocycles. The molecule has 0 unspecified atom stereocenters. The van der Waals surface area contributed by atoms with E-state index < -0.39 is 5.97 Å². The Labute approximate surface area is 89.9 Å². The van der Waals surface area contributed by atoms with Crippen LogP contribution in [0.2, 0.25) is 0 Å². The van der Waals surface area contributed by atoms with Gasteiger partial charge in [0.05, 0.1) is 0 Å². The van der Waals surface area contributed by atoms with Crippen molar-refractivity contribution in [2.75, 3.05) is 6.61 Å². The maximum Gasteiger partial charge on any atom is 0.344 e. The van der Waals surface area contributed by atoms with E-state index in [1.165, 1.54) is 6.42 Å². The quantitative estimate of drug-likeness (QED) is 0.670. The van der Waals surface area contributed by atoms with Gasteiger partial charge in [-0.15, -0.1) is 0 Å². The molecule has 15 heavy (non-hydrogen) atoms. The first-order chi connectivity index (χ1) is 7.22. The van der Waals surface area contributed by atoms with E-state index in [1.807, 2.05) is 0 Å². The number of carbonyl (C=O) groups excluding carboxylic acids is 2. The van der Waals surface area contributed by atoms with Crippen LogP contribution in [0.5, 0.6) is 0 Å². The van der Waals surface area contributed by atoms with Crippen molar-refractivity contribution in [1.82, 2.24) is 0 Å². The monoisotopic (exact) mass is 214 g/mol. The van der Waals surface area contributed by atoms with Gasteiger partial charge in [-0.1, -0.05) is 13.3 Å². The molecule has 0 aromatic rings. The van der Waals surface area contributed by atoms with Crippen LogP contribution in [0.25, 0.3) is 0 Å². The van der Waals surface area contributed by atoms with Crippen molar-refractivity contribution in [2.24, 2.45) is 0 Å². The van der Waals surface area contributed by atoms with E-state index in [1.54, 1.807) is 6.92 Å². The van der Waals surface area contributed by atoms with Gasteiger partial charge in [-0.05, 0) is 25.7 Å². The molecule has 1 saturated carbocycles. The highest BCUT2D eigenvalue weighted by Gasteiger charge is 2.18. The molecule has 1 rings (SSSR count). The number of carbonyl (C=O) groups is 2. The van der Waals surface area contributed by atoms with Crippen LogP contribution >= 0.6 is 0 Å². The zero-order valence-corrected chi connectivity index (χ0v) is 9.16. The number of ether oxygens (including phenoxy) is 2. The predicted octanol–water partition coefficient (Wildman–Crippen LogP) is 1.82. The first kappa shape index (κ1) is 12.0. The van der Waals surface area contributed by atoms with Crippen LogP contribution in [-0.4, -0.2) is 24.6 Å². The number of hydrogen-bond acceptors (Lipinski definition) is 4. The van der Waals surface area contributed by atoms with Gasteiger partial charge in [0.15, 0.2) is 6.61 Å². The van der Waals surface area contributed by atoms with Crippen LogP contribution in [0.4, 0.5) is 0 Å². The Balaban J connectivity index is 2.14. The molecular formula is C11H18O4. The molecule has 0 heterocycles. The summed E-state index contributed by atoms with van der Waals surface area (Å²) in [7, 11) is 0. The lowest BCUT2D eigenvalue weighted by Crippen LogP contribution is -2.24. The van der Waals surface area contributed by atoms with Crippen molar-refractivity contribution in [3.8, 4) is 0 Å². The van der Waals surface area contributed by atoms with Gasteiger partial charge >= 0.3 is 11.9 Å². The largest absolute Gasteiger partial charge is 0.460 e. The first-order valence-corrected chi connectivity index (χ1v) is 5.57. The second kappa shape index (κ2) is 6.43. The van der Waals surface area contributed by atoms with Crippen LogP contribution < -0.4 is 0 Å². The second-order valence-electron chi connectivity index (χ2n) is 3.76. The third kappa shape index (κ3) is 4.81. The Morgan fingerprint density at radius 2 is 1.80 bits per heavy atom. The normalized spacial score (nSPS) is 17.1. The average molecular weight is 214 g/mol. The molecule has 0 aromatic heterocycles. The molecule has 4 heteroatoms. The van der Waals surface area contributed by atoms with Crippen LogP contribution in [0.1, 0.15) is 45.4 Å². The van der Waals surface area contributed by atoms with Gasteiger partial charge in [0.25, 0.3) is 0 Å². The van der Waals surface area contributed by atoms with E-state index in [-0.39, 0.29) is 25.1 Å². The number of esters is 2. The second-order valence-corrected chi connectivity index (χ2v) is 3.76. The minimum Gasteiger partial charge on any atom is -0.460 e. The molecule has 0 aromatic carbocycles. The zero-order valence-electron chi connectivity index (χ0n) is 9.16. The lowest BCUT2D eigenvalue weighted by atomic mass is 9.98. The molecule has 0 radical (unpaired) electrons. The lowest BCUT2D eigenvalue weighted by molar-refractivity contribution is -0.163. The van der Waals surface area contributed by atoms with E-state index in [4.69, 9.17) is 4.74 Å². The van der Waals surface area contributed by atoms with Crippen molar-refractivity contribution < 1.29 is 19.1 Å². The van der Waals surface area contributed by atoms with E-state index in [2.05, 4.69) is 4.74 Å².